The summed E-state index contributed by atoms with van der Waals surface area (Å²) < 4.78 is 5.36. The van der Waals surface area contributed by atoms with Crippen LogP contribution in [-0.2, 0) is 0 Å². The summed E-state index contributed by atoms with van der Waals surface area (Å²) in [6.45, 7) is 6.38. The minimum absolute atomic E-state index is 0.325. The Labute approximate surface area is 123 Å². The first kappa shape index (κ1) is 15.4. The molecule has 0 spiro atoms. The van der Waals surface area contributed by atoms with Crippen LogP contribution in [0.3, 0.4) is 0 Å². The number of ether oxygens (including phenoxy) is 1. The lowest BCUT2D eigenvalue weighted by molar-refractivity contribution is 0.0672. The predicted molar refractivity (Wildman–Crippen MR) is 83.2 cm³/mol. The zero-order valence-corrected chi connectivity index (χ0v) is 13.3. The fourth-order valence-electron chi connectivity index (χ4n) is 3.59. The van der Waals surface area contributed by atoms with E-state index in [9.17, 15) is 5.11 Å². The topological polar surface area (TPSA) is 29.5 Å². The van der Waals surface area contributed by atoms with Crippen molar-refractivity contribution < 1.29 is 9.84 Å². The van der Waals surface area contributed by atoms with E-state index in [1.54, 1.807) is 7.11 Å². The van der Waals surface area contributed by atoms with Gasteiger partial charge in [-0.3, -0.25) is 0 Å². The van der Waals surface area contributed by atoms with E-state index in [2.05, 4.69) is 19.9 Å². The molecule has 2 nitrogen and oxygen atoms in total. The van der Waals surface area contributed by atoms with E-state index in [4.69, 9.17) is 4.74 Å². The molecule has 0 aliphatic heterocycles. The van der Waals surface area contributed by atoms with Gasteiger partial charge in [-0.1, -0.05) is 26.2 Å². The number of benzene rings is 1. The highest BCUT2D eigenvalue weighted by Gasteiger charge is 2.28. The van der Waals surface area contributed by atoms with Crippen LogP contribution >= 0.6 is 0 Å². The average molecular weight is 276 g/mol. The van der Waals surface area contributed by atoms with E-state index in [0.29, 0.717) is 5.92 Å². The minimum atomic E-state index is -0.325. The highest BCUT2D eigenvalue weighted by molar-refractivity contribution is 5.42. The van der Waals surface area contributed by atoms with Gasteiger partial charge in [-0.15, -0.1) is 0 Å². The summed E-state index contributed by atoms with van der Waals surface area (Å²) in [5, 5.41) is 10.8. The smallest absolute Gasteiger partial charge is 0.122 e. The SMILES string of the molecule is CCC1CCCC(C(O)c2cc(C)c(OC)cc2C)C1. The Hall–Kier alpha value is -1.02. The molecule has 20 heavy (non-hydrogen) atoms. The van der Waals surface area contributed by atoms with Gasteiger partial charge in [0.2, 0.25) is 0 Å². The van der Waals surface area contributed by atoms with Crippen molar-refractivity contribution in [2.24, 2.45) is 11.8 Å². The highest BCUT2D eigenvalue weighted by atomic mass is 16.5. The second-order valence-electron chi connectivity index (χ2n) is 6.32. The zero-order valence-electron chi connectivity index (χ0n) is 13.3. The van der Waals surface area contributed by atoms with Crippen LogP contribution in [0.1, 0.15) is 61.8 Å². The summed E-state index contributed by atoms with van der Waals surface area (Å²) in [7, 11) is 1.70. The molecule has 112 valence electrons. The third-order valence-electron chi connectivity index (χ3n) is 4.95. The fraction of sp³-hybridized carbons (Fsp3) is 0.667. The van der Waals surface area contributed by atoms with Gasteiger partial charge in [-0.05, 0) is 67.3 Å². The molecule has 1 saturated carbocycles. The van der Waals surface area contributed by atoms with Gasteiger partial charge < -0.3 is 9.84 Å². The molecule has 1 fully saturated rings. The van der Waals surface area contributed by atoms with Crippen molar-refractivity contribution in [2.75, 3.05) is 7.11 Å². The largest absolute Gasteiger partial charge is 0.496 e. The molecule has 2 rings (SSSR count). The van der Waals surface area contributed by atoms with E-state index < -0.39 is 0 Å². The molecule has 0 bridgehead atoms. The summed E-state index contributed by atoms with van der Waals surface area (Å²) in [6.07, 6.45) is 5.83. The first-order valence-electron chi connectivity index (χ1n) is 7.90. The van der Waals surface area contributed by atoms with Gasteiger partial charge in [-0.25, -0.2) is 0 Å². The first-order chi connectivity index (χ1) is 9.56. The molecule has 1 N–H and O–H groups in total. The van der Waals surface area contributed by atoms with Crippen molar-refractivity contribution in [3.05, 3.63) is 28.8 Å². The first-order valence-corrected chi connectivity index (χ1v) is 7.90. The molecule has 0 saturated heterocycles. The fourth-order valence-corrected chi connectivity index (χ4v) is 3.59. The van der Waals surface area contributed by atoms with Crippen LogP contribution in [0.25, 0.3) is 0 Å². The van der Waals surface area contributed by atoms with Crippen LogP contribution in [0.15, 0.2) is 12.1 Å². The third-order valence-corrected chi connectivity index (χ3v) is 4.95. The Bertz CT molecular complexity index is 453. The standard InChI is InChI=1S/C18H28O2/c1-5-14-7-6-8-15(11-14)18(19)16-9-13(3)17(20-4)10-12(16)2/h9-10,14-15,18-19H,5-8,11H2,1-4H3. The summed E-state index contributed by atoms with van der Waals surface area (Å²) in [4.78, 5) is 0. The molecule has 1 aliphatic rings. The molecule has 3 atom stereocenters. The van der Waals surface area contributed by atoms with Crippen LogP contribution in [-0.4, -0.2) is 12.2 Å². The molecule has 3 unspecified atom stereocenters. The lowest BCUT2D eigenvalue weighted by Crippen LogP contribution is -2.22. The normalized spacial score (nSPS) is 24.4. The maximum Gasteiger partial charge on any atom is 0.122 e. The van der Waals surface area contributed by atoms with E-state index >= 15 is 0 Å². The van der Waals surface area contributed by atoms with Crippen molar-refractivity contribution >= 4 is 0 Å². The lowest BCUT2D eigenvalue weighted by Gasteiger charge is -2.32. The maximum atomic E-state index is 10.8. The number of hydrogen-bond donors (Lipinski definition) is 1. The molecule has 0 radical (unpaired) electrons. The molecule has 1 aliphatic carbocycles. The van der Waals surface area contributed by atoms with E-state index in [0.717, 1.165) is 34.8 Å². The van der Waals surface area contributed by atoms with Crippen molar-refractivity contribution in [1.29, 1.82) is 0 Å². The summed E-state index contributed by atoms with van der Waals surface area (Å²) in [5.74, 6) is 2.12. The zero-order chi connectivity index (χ0) is 14.7. The number of rotatable bonds is 4. The molecule has 0 heterocycles. The van der Waals surface area contributed by atoms with E-state index in [-0.39, 0.29) is 6.10 Å². The third kappa shape index (κ3) is 3.17. The molecular formula is C18H28O2. The monoisotopic (exact) mass is 276 g/mol. The van der Waals surface area contributed by atoms with Gasteiger partial charge in [0, 0.05) is 0 Å². The van der Waals surface area contributed by atoms with E-state index in [1.165, 1.54) is 25.7 Å². The van der Waals surface area contributed by atoms with Crippen LogP contribution in [0.5, 0.6) is 5.75 Å². The second kappa shape index (κ2) is 6.62. The number of aliphatic hydroxyl groups is 1. The number of aliphatic hydroxyl groups excluding tert-OH is 1. The van der Waals surface area contributed by atoms with E-state index in [1.807, 2.05) is 13.0 Å². The van der Waals surface area contributed by atoms with Gasteiger partial charge in [0.05, 0.1) is 13.2 Å². The Morgan fingerprint density at radius 1 is 1.25 bits per heavy atom. The number of methoxy groups -OCH3 is 1. The highest BCUT2D eigenvalue weighted by Crippen LogP contribution is 2.40. The van der Waals surface area contributed by atoms with Gasteiger partial charge in [0.1, 0.15) is 5.75 Å². The maximum absolute atomic E-state index is 10.8. The predicted octanol–water partition coefficient (Wildman–Crippen LogP) is 4.56. The Morgan fingerprint density at radius 3 is 2.65 bits per heavy atom. The summed E-state index contributed by atoms with van der Waals surface area (Å²) in [5.41, 5.74) is 3.33. The Kier molecular flexibility index (Phi) is 5.09. The van der Waals surface area contributed by atoms with Gasteiger partial charge in [0.25, 0.3) is 0 Å². The summed E-state index contributed by atoms with van der Waals surface area (Å²) in [6, 6.07) is 4.16. The number of hydrogen-bond acceptors (Lipinski definition) is 2. The van der Waals surface area contributed by atoms with Crippen molar-refractivity contribution in [3.8, 4) is 5.75 Å². The molecule has 1 aromatic rings. The lowest BCUT2D eigenvalue weighted by atomic mass is 9.75. The van der Waals surface area contributed by atoms with Gasteiger partial charge in [0.15, 0.2) is 0 Å². The second-order valence-corrected chi connectivity index (χ2v) is 6.32. The van der Waals surface area contributed by atoms with Crippen molar-refractivity contribution in [2.45, 2.75) is 59.0 Å². The van der Waals surface area contributed by atoms with Crippen molar-refractivity contribution in [1.82, 2.24) is 0 Å². The summed E-state index contributed by atoms with van der Waals surface area (Å²) >= 11 is 0. The molecule has 0 amide bonds. The molecule has 2 heteroatoms. The average Bonchev–Trinajstić information content (AvgIpc) is 2.48. The van der Waals surface area contributed by atoms with Crippen LogP contribution < -0.4 is 4.74 Å². The van der Waals surface area contributed by atoms with Crippen LogP contribution in [0, 0.1) is 25.7 Å². The molecule has 0 aromatic heterocycles. The van der Waals surface area contributed by atoms with Gasteiger partial charge in [-0.2, -0.15) is 0 Å². The minimum Gasteiger partial charge on any atom is -0.496 e. The molecular weight excluding hydrogens is 248 g/mol. The molecule has 1 aromatic carbocycles. The van der Waals surface area contributed by atoms with Crippen LogP contribution in [0.4, 0.5) is 0 Å². The number of aryl methyl sites for hydroxylation is 2. The van der Waals surface area contributed by atoms with Crippen molar-refractivity contribution in [3.63, 3.8) is 0 Å². The van der Waals surface area contributed by atoms with Gasteiger partial charge >= 0.3 is 0 Å². The Morgan fingerprint density at radius 2 is 2.00 bits per heavy atom. The van der Waals surface area contributed by atoms with Crippen LogP contribution in [0.2, 0.25) is 0 Å². The quantitative estimate of drug-likeness (QED) is 0.873. The Balaban J connectivity index is 2.20.